The van der Waals surface area contributed by atoms with Gasteiger partial charge in [-0.05, 0) is 36.5 Å². The van der Waals surface area contributed by atoms with Gasteiger partial charge in [0.1, 0.15) is 0 Å². The molecule has 0 spiro atoms. The van der Waals surface area contributed by atoms with Crippen LogP contribution in [0.2, 0.25) is 0 Å². The molecule has 1 saturated carbocycles. The Morgan fingerprint density at radius 1 is 1.21 bits per heavy atom. The zero-order valence-corrected chi connectivity index (χ0v) is 13.0. The summed E-state index contributed by atoms with van der Waals surface area (Å²) in [6.07, 6.45) is 4.49. The van der Waals surface area contributed by atoms with Crippen molar-refractivity contribution in [2.45, 2.75) is 59.4 Å². The summed E-state index contributed by atoms with van der Waals surface area (Å²) in [7, 11) is 0. The average molecular weight is 266 g/mol. The number of rotatable bonds is 1. The lowest BCUT2D eigenvalue weighted by Crippen LogP contribution is -2.48. The van der Waals surface area contributed by atoms with Crippen LogP contribution in [0.25, 0.3) is 0 Å². The maximum atomic E-state index is 12.7. The fourth-order valence-corrected chi connectivity index (χ4v) is 3.76. The fourth-order valence-electron chi connectivity index (χ4n) is 3.76. The second-order valence-electron chi connectivity index (χ2n) is 7.73. The Kier molecular flexibility index (Phi) is 4.24. The van der Waals surface area contributed by atoms with Crippen molar-refractivity contribution in [2.75, 3.05) is 13.1 Å². The Bertz CT molecular complexity index is 324. The second kappa shape index (κ2) is 5.43. The third-order valence-electron chi connectivity index (χ3n) is 5.28. The largest absolute Gasteiger partial charge is 0.342 e. The molecule has 110 valence electrons. The minimum atomic E-state index is 0.0625. The Morgan fingerprint density at radius 3 is 2.42 bits per heavy atom. The molecule has 0 aromatic carbocycles. The molecular weight excluding hydrogens is 236 g/mol. The van der Waals surface area contributed by atoms with Crippen LogP contribution >= 0.6 is 0 Å². The first-order chi connectivity index (χ1) is 8.80. The lowest BCUT2D eigenvalue weighted by molar-refractivity contribution is -0.138. The number of nitrogens with two attached hydrogens (primary N) is 1. The molecule has 2 N–H and O–H groups in total. The highest BCUT2D eigenvalue weighted by atomic mass is 16.2. The summed E-state index contributed by atoms with van der Waals surface area (Å²) >= 11 is 0. The van der Waals surface area contributed by atoms with Gasteiger partial charge in [0.05, 0.1) is 5.92 Å². The predicted octanol–water partition coefficient (Wildman–Crippen LogP) is 2.64. The van der Waals surface area contributed by atoms with E-state index in [1.54, 1.807) is 0 Å². The third-order valence-corrected chi connectivity index (χ3v) is 5.28. The summed E-state index contributed by atoms with van der Waals surface area (Å²) in [5, 5.41) is 0. The minimum absolute atomic E-state index is 0.0625. The summed E-state index contributed by atoms with van der Waals surface area (Å²) in [6.45, 7) is 10.9. The van der Waals surface area contributed by atoms with Gasteiger partial charge in [0.25, 0.3) is 0 Å². The van der Waals surface area contributed by atoms with Crippen molar-refractivity contribution < 1.29 is 4.79 Å². The van der Waals surface area contributed by atoms with Crippen molar-refractivity contribution in [1.82, 2.24) is 4.90 Å². The molecule has 3 heteroatoms. The van der Waals surface area contributed by atoms with E-state index in [1.807, 2.05) is 0 Å². The highest BCUT2D eigenvalue weighted by Crippen LogP contribution is 2.36. The maximum Gasteiger partial charge on any atom is 0.227 e. The van der Waals surface area contributed by atoms with Gasteiger partial charge in [-0.3, -0.25) is 4.79 Å². The van der Waals surface area contributed by atoms with Crippen molar-refractivity contribution in [3.05, 3.63) is 0 Å². The number of carbonyl (C=O) groups excluding carboxylic acids is 1. The topological polar surface area (TPSA) is 46.3 Å². The Hall–Kier alpha value is -0.570. The van der Waals surface area contributed by atoms with Gasteiger partial charge >= 0.3 is 0 Å². The second-order valence-corrected chi connectivity index (χ2v) is 7.73. The Labute approximate surface area is 117 Å². The quantitative estimate of drug-likeness (QED) is 0.793. The van der Waals surface area contributed by atoms with E-state index < -0.39 is 0 Å². The van der Waals surface area contributed by atoms with Crippen LogP contribution in [0.5, 0.6) is 0 Å². The summed E-state index contributed by atoms with van der Waals surface area (Å²) in [6, 6.07) is 0.0740. The molecule has 1 heterocycles. The molecule has 19 heavy (non-hydrogen) atoms. The third kappa shape index (κ3) is 3.13. The van der Waals surface area contributed by atoms with E-state index >= 15 is 0 Å². The zero-order valence-electron chi connectivity index (χ0n) is 13.0. The van der Waals surface area contributed by atoms with Gasteiger partial charge in [0, 0.05) is 19.1 Å². The Balaban J connectivity index is 2.01. The van der Waals surface area contributed by atoms with Crippen LogP contribution in [0.4, 0.5) is 0 Å². The van der Waals surface area contributed by atoms with Gasteiger partial charge in [0.2, 0.25) is 5.91 Å². The lowest BCUT2D eigenvalue weighted by Gasteiger charge is -2.36. The molecule has 1 aliphatic heterocycles. The molecule has 4 atom stereocenters. The molecule has 2 fully saturated rings. The molecule has 0 bridgehead atoms. The summed E-state index contributed by atoms with van der Waals surface area (Å²) in [4.78, 5) is 14.8. The van der Waals surface area contributed by atoms with Crippen molar-refractivity contribution in [3.8, 4) is 0 Å². The summed E-state index contributed by atoms with van der Waals surface area (Å²) in [5.41, 5.74) is 6.51. The van der Waals surface area contributed by atoms with E-state index in [0.29, 0.717) is 23.2 Å². The number of amides is 1. The monoisotopic (exact) mass is 266 g/mol. The van der Waals surface area contributed by atoms with Gasteiger partial charge in [-0.1, -0.05) is 34.1 Å². The summed E-state index contributed by atoms with van der Waals surface area (Å²) < 4.78 is 0. The lowest BCUT2D eigenvalue weighted by atomic mass is 9.76. The van der Waals surface area contributed by atoms with Crippen LogP contribution < -0.4 is 5.73 Å². The van der Waals surface area contributed by atoms with Gasteiger partial charge < -0.3 is 10.6 Å². The number of hydrogen-bond donors (Lipinski definition) is 1. The number of likely N-dealkylation sites (tertiary alicyclic amines) is 1. The number of hydrogen-bond acceptors (Lipinski definition) is 2. The zero-order chi connectivity index (χ0) is 14.2. The van der Waals surface area contributed by atoms with Crippen molar-refractivity contribution in [1.29, 1.82) is 0 Å². The smallest absolute Gasteiger partial charge is 0.227 e. The van der Waals surface area contributed by atoms with E-state index in [9.17, 15) is 4.79 Å². The van der Waals surface area contributed by atoms with Crippen LogP contribution in [0.15, 0.2) is 0 Å². The average Bonchev–Trinajstić information content (AvgIpc) is 2.77. The van der Waals surface area contributed by atoms with Gasteiger partial charge in [0.15, 0.2) is 0 Å². The molecule has 4 unspecified atom stereocenters. The number of carbonyl (C=O) groups is 1. The molecule has 1 aliphatic carbocycles. The molecular formula is C16H30N2O. The molecule has 2 rings (SSSR count). The minimum Gasteiger partial charge on any atom is -0.342 e. The van der Waals surface area contributed by atoms with E-state index in [2.05, 4.69) is 32.6 Å². The van der Waals surface area contributed by atoms with E-state index in [-0.39, 0.29) is 12.0 Å². The van der Waals surface area contributed by atoms with Crippen molar-refractivity contribution in [3.63, 3.8) is 0 Å². The van der Waals surface area contributed by atoms with Crippen LogP contribution in [-0.2, 0) is 4.79 Å². The van der Waals surface area contributed by atoms with Crippen molar-refractivity contribution in [2.24, 2.45) is 28.9 Å². The first kappa shape index (κ1) is 14.8. The molecule has 0 aromatic heterocycles. The molecule has 0 radical (unpaired) electrons. The maximum absolute atomic E-state index is 12.7. The molecule has 1 saturated heterocycles. The summed E-state index contributed by atoms with van der Waals surface area (Å²) in [5.74, 6) is 1.47. The SMILES string of the molecule is CC1CCCC(N)C1C(=O)N1CCC(C(C)(C)C)C1. The predicted molar refractivity (Wildman–Crippen MR) is 78.6 cm³/mol. The van der Waals surface area contributed by atoms with Crippen molar-refractivity contribution >= 4 is 5.91 Å². The van der Waals surface area contributed by atoms with E-state index in [1.165, 1.54) is 6.42 Å². The van der Waals surface area contributed by atoms with E-state index in [4.69, 9.17) is 5.73 Å². The fraction of sp³-hybridized carbons (Fsp3) is 0.938. The highest BCUT2D eigenvalue weighted by molar-refractivity contribution is 5.80. The highest BCUT2D eigenvalue weighted by Gasteiger charge is 2.40. The molecule has 2 aliphatic rings. The Morgan fingerprint density at radius 2 is 1.89 bits per heavy atom. The van der Waals surface area contributed by atoms with Crippen LogP contribution in [0.1, 0.15) is 53.4 Å². The first-order valence-corrected chi connectivity index (χ1v) is 7.85. The van der Waals surface area contributed by atoms with Gasteiger partial charge in [-0.15, -0.1) is 0 Å². The first-order valence-electron chi connectivity index (χ1n) is 7.85. The molecule has 3 nitrogen and oxygen atoms in total. The van der Waals surface area contributed by atoms with Gasteiger partial charge in [-0.2, -0.15) is 0 Å². The molecule has 0 aromatic rings. The van der Waals surface area contributed by atoms with E-state index in [0.717, 1.165) is 32.4 Å². The van der Waals surface area contributed by atoms with Gasteiger partial charge in [-0.25, -0.2) is 0 Å². The molecule has 1 amide bonds. The standard InChI is InChI=1S/C16H30N2O/c1-11-6-5-7-13(17)14(11)15(19)18-9-8-12(10-18)16(2,3)4/h11-14H,5-10,17H2,1-4H3. The van der Waals surface area contributed by atoms with Crippen LogP contribution in [-0.4, -0.2) is 29.9 Å². The normalized spacial score (nSPS) is 36.6. The van der Waals surface area contributed by atoms with Crippen LogP contribution in [0.3, 0.4) is 0 Å². The number of nitrogens with zero attached hydrogens (tertiary/aromatic N) is 1. The van der Waals surface area contributed by atoms with Crippen LogP contribution in [0, 0.1) is 23.2 Å².